The van der Waals surface area contributed by atoms with Gasteiger partial charge in [0.2, 0.25) is 15.9 Å². The van der Waals surface area contributed by atoms with Crippen LogP contribution in [0.5, 0.6) is 0 Å². The number of sulfonamides is 1. The fraction of sp³-hybridized carbons (Fsp3) is 0.556. The van der Waals surface area contributed by atoms with Crippen LogP contribution in [-0.2, 0) is 24.3 Å². The van der Waals surface area contributed by atoms with Crippen LogP contribution in [0.1, 0.15) is 37.7 Å². The molecule has 0 spiro atoms. The first kappa shape index (κ1) is 20.4. The van der Waals surface area contributed by atoms with E-state index in [4.69, 9.17) is 4.74 Å². The summed E-state index contributed by atoms with van der Waals surface area (Å²) < 4.78 is 31.5. The van der Waals surface area contributed by atoms with Gasteiger partial charge in [0, 0.05) is 0 Å². The summed E-state index contributed by atoms with van der Waals surface area (Å²) in [7, 11) is -3.76. The maximum absolute atomic E-state index is 12.1. The minimum atomic E-state index is -3.76. The molecule has 26 heavy (non-hydrogen) atoms. The summed E-state index contributed by atoms with van der Waals surface area (Å²) in [5.74, 6) is -0.690. The maximum Gasteiger partial charge on any atom is 0.325 e. The van der Waals surface area contributed by atoms with Crippen molar-refractivity contribution in [3.63, 3.8) is 0 Å². The van der Waals surface area contributed by atoms with Gasteiger partial charge in [-0.1, -0.05) is 37.0 Å². The van der Waals surface area contributed by atoms with Gasteiger partial charge >= 0.3 is 5.97 Å². The first-order valence-electron chi connectivity index (χ1n) is 8.85. The summed E-state index contributed by atoms with van der Waals surface area (Å²) in [6.45, 7) is 1.53. The number of ether oxygens (including phenoxy) is 1. The molecule has 1 aliphatic carbocycles. The Labute approximate surface area is 154 Å². The fourth-order valence-electron chi connectivity index (χ4n) is 2.81. The van der Waals surface area contributed by atoms with Crippen molar-refractivity contribution in [1.29, 1.82) is 0 Å². The summed E-state index contributed by atoms with van der Waals surface area (Å²) in [4.78, 5) is 23.5. The molecule has 7 nitrogen and oxygen atoms in total. The van der Waals surface area contributed by atoms with Crippen LogP contribution in [0.2, 0.25) is 0 Å². The molecule has 1 fully saturated rings. The molecule has 0 unspecified atom stereocenters. The highest BCUT2D eigenvalue weighted by Gasteiger charge is 2.17. The first-order chi connectivity index (χ1) is 12.4. The molecule has 2 N–H and O–H groups in total. The number of aryl methyl sites for hydroxylation is 1. The van der Waals surface area contributed by atoms with Crippen molar-refractivity contribution in [1.82, 2.24) is 10.0 Å². The lowest BCUT2D eigenvalue weighted by atomic mass is 9.90. The number of benzene rings is 1. The van der Waals surface area contributed by atoms with Gasteiger partial charge in [0.15, 0.2) is 0 Å². The first-order valence-corrected chi connectivity index (χ1v) is 10.3. The molecule has 0 bridgehead atoms. The van der Waals surface area contributed by atoms with Crippen molar-refractivity contribution in [2.24, 2.45) is 5.92 Å². The molecule has 144 valence electrons. The van der Waals surface area contributed by atoms with Gasteiger partial charge in [-0.05, 0) is 37.8 Å². The van der Waals surface area contributed by atoms with E-state index in [9.17, 15) is 18.0 Å². The molecule has 0 radical (unpaired) electrons. The summed E-state index contributed by atoms with van der Waals surface area (Å²) in [5.41, 5.74) is 0.938. The molecular weight excluding hydrogens is 356 g/mol. The van der Waals surface area contributed by atoms with E-state index in [0.717, 1.165) is 18.4 Å². The zero-order valence-electron chi connectivity index (χ0n) is 15.0. The van der Waals surface area contributed by atoms with E-state index in [2.05, 4.69) is 10.0 Å². The molecule has 0 atom stereocenters. The van der Waals surface area contributed by atoms with Crippen LogP contribution in [0.25, 0.3) is 0 Å². The van der Waals surface area contributed by atoms with Gasteiger partial charge in [0.1, 0.15) is 6.54 Å². The minimum absolute atomic E-state index is 0.0859. The molecule has 8 heteroatoms. The third kappa shape index (κ3) is 6.76. The summed E-state index contributed by atoms with van der Waals surface area (Å²) in [6.07, 6.45) is 5.71. The molecule has 0 aromatic heterocycles. The van der Waals surface area contributed by atoms with E-state index < -0.39 is 28.4 Å². The standard InChI is InChI=1S/C18H26N2O5S/c1-14-7-9-16(10-8-14)26(23,24)20-11-17(21)19-12-18(22)25-13-15-5-3-2-4-6-15/h7-10,15,20H,2-6,11-13H2,1H3,(H,19,21). The Kier molecular flexibility index (Phi) is 7.59. The van der Waals surface area contributed by atoms with E-state index in [0.29, 0.717) is 12.5 Å². The van der Waals surface area contributed by atoms with E-state index in [1.54, 1.807) is 12.1 Å². The van der Waals surface area contributed by atoms with Crippen LogP contribution in [0.4, 0.5) is 0 Å². The number of carbonyl (C=O) groups excluding carboxylic acids is 2. The number of amides is 1. The van der Waals surface area contributed by atoms with Gasteiger partial charge < -0.3 is 10.1 Å². The van der Waals surface area contributed by atoms with Crippen molar-refractivity contribution in [3.05, 3.63) is 29.8 Å². The Hall–Kier alpha value is -1.93. The van der Waals surface area contributed by atoms with Crippen molar-refractivity contribution in [2.75, 3.05) is 19.7 Å². The zero-order valence-corrected chi connectivity index (χ0v) is 15.8. The molecule has 0 aliphatic heterocycles. The van der Waals surface area contributed by atoms with Gasteiger partial charge in [0.25, 0.3) is 0 Å². The third-order valence-corrected chi connectivity index (χ3v) is 5.81. The average Bonchev–Trinajstić information content (AvgIpc) is 2.64. The summed E-state index contributed by atoms with van der Waals surface area (Å²) in [5, 5.41) is 2.36. The Morgan fingerprint density at radius 3 is 2.38 bits per heavy atom. The predicted molar refractivity (Wildman–Crippen MR) is 96.9 cm³/mol. The highest BCUT2D eigenvalue weighted by molar-refractivity contribution is 7.89. The molecule has 1 saturated carbocycles. The maximum atomic E-state index is 12.1. The molecule has 0 saturated heterocycles. The lowest BCUT2D eigenvalue weighted by Gasteiger charge is -2.21. The minimum Gasteiger partial charge on any atom is -0.464 e. The van der Waals surface area contributed by atoms with Crippen molar-refractivity contribution in [3.8, 4) is 0 Å². The number of carbonyl (C=O) groups is 2. The Bertz CT molecular complexity index is 710. The smallest absolute Gasteiger partial charge is 0.325 e. The number of rotatable bonds is 8. The molecule has 1 aliphatic rings. The van der Waals surface area contributed by atoms with Crippen molar-refractivity contribution < 1.29 is 22.7 Å². The van der Waals surface area contributed by atoms with E-state index in [-0.39, 0.29) is 11.4 Å². The quantitative estimate of drug-likeness (QED) is 0.664. The molecule has 1 aromatic carbocycles. The van der Waals surface area contributed by atoms with Crippen molar-refractivity contribution >= 4 is 21.9 Å². The number of hydrogen-bond donors (Lipinski definition) is 2. The van der Waals surface area contributed by atoms with Gasteiger partial charge in [0.05, 0.1) is 18.0 Å². The summed E-state index contributed by atoms with van der Waals surface area (Å²) in [6, 6.07) is 6.30. The third-order valence-electron chi connectivity index (χ3n) is 4.39. The summed E-state index contributed by atoms with van der Waals surface area (Å²) >= 11 is 0. The SMILES string of the molecule is Cc1ccc(S(=O)(=O)NCC(=O)NCC(=O)OCC2CCCCC2)cc1. The van der Waals surface area contributed by atoms with Crippen LogP contribution >= 0.6 is 0 Å². The largest absolute Gasteiger partial charge is 0.464 e. The molecule has 0 heterocycles. The lowest BCUT2D eigenvalue weighted by molar-refractivity contribution is -0.145. The Balaban J connectivity index is 1.67. The van der Waals surface area contributed by atoms with Gasteiger partial charge in [-0.2, -0.15) is 0 Å². The van der Waals surface area contributed by atoms with Crippen LogP contribution in [0.3, 0.4) is 0 Å². The van der Waals surface area contributed by atoms with E-state index in [1.165, 1.54) is 31.4 Å². The Morgan fingerprint density at radius 2 is 1.73 bits per heavy atom. The second kappa shape index (κ2) is 9.68. The van der Waals surface area contributed by atoms with Crippen LogP contribution < -0.4 is 10.0 Å². The monoisotopic (exact) mass is 382 g/mol. The van der Waals surface area contributed by atoms with Crippen LogP contribution in [0.15, 0.2) is 29.2 Å². The molecular formula is C18H26N2O5S. The van der Waals surface area contributed by atoms with Crippen molar-refractivity contribution in [2.45, 2.75) is 43.9 Å². The highest BCUT2D eigenvalue weighted by atomic mass is 32.2. The molecule has 1 aromatic rings. The number of hydrogen-bond acceptors (Lipinski definition) is 5. The zero-order chi connectivity index (χ0) is 19.0. The topological polar surface area (TPSA) is 102 Å². The second-order valence-corrected chi connectivity index (χ2v) is 8.37. The molecule has 1 amide bonds. The van der Waals surface area contributed by atoms with Gasteiger partial charge in [-0.3, -0.25) is 9.59 Å². The van der Waals surface area contributed by atoms with Gasteiger partial charge in [-0.25, -0.2) is 13.1 Å². The normalized spacial score (nSPS) is 15.4. The number of nitrogens with one attached hydrogen (secondary N) is 2. The van der Waals surface area contributed by atoms with Crippen LogP contribution in [0, 0.1) is 12.8 Å². The second-order valence-electron chi connectivity index (χ2n) is 6.60. The van der Waals surface area contributed by atoms with E-state index >= 15 is 0 Å². The number of esters is 1. The van der Waals surface area contributed by atoms with Crippen LogP contribution in [-0.4, -0.2) is 40.0 Å². The Morgan fingerprint density at radius 1 is 1.08 bits per heavy atom. The fourth-order valence-corrected chi connectivity index (χ4v) is 3.79. The molecule has 2 rings (SSSR count). The lowest BCUT2D eigenvalue weighted by Crippen LogP contribution is -2.39. The average molecular weight is 382 g/mol. The van der Waals surface area contributed by atoms with E-state index in [1.807, 2.05) is 6.92 Å². The van der Waals surface area contributed by atoms with Gasteiger partial charge in [-0.15, -0.1) is 0 Å². The highest BCUT2D eigenvalue weighted by Crippen LogP contribution is 2.23. The predicted octanol–water partition coefficient (Wildman–Crippen LogP) is 1.51.